The fourth-order valence-electron chi connectivity index (χ4n) is 4.35. The second-order valence-electron chi connectivity index (χ2n) is 9.18. The molecular weight excluding hydrogens is 378 g/mol. The Morgan fingerprint density at radius 2 is 1.68 bits per heavy atom. The number of carbonyl (C=O) groups is 1. The molecule has 0 aromatic heterocycles. The predicted octanol–water partition coefficient (Wildman–Crippen LogP) is 2.77. The summed E-state index contributed by atoms with van der Waals surface area (Å²) in [6, 6.07) is 0.218. The maximum absolute atomic E-state index is 12.3. The Hall–Kier alpha value is -0.860. The highest BCUT2D eigenvalue weighted by Gasteiger charge is 2.35. The molecule has 28 heavy (non-hydrogen) atoms. The van der Waals surface area contributed by atoms with Gasteiger partial charge in [-0.25, -0.2) is 17.5 Å². The molecule has 1 unspecified atom stereocenters. The first-order valence-electron chi connectivity index (χ1n) is 10.7. The average Bonchev–Trinajstić information content (AvgIpc) is 2.61. The third-order valence-corrected chi connectivity index (χ3v) is 7.19. The van der Waals surface area contributed by atoms with Crippen molar-refractivity contribution in [2.75, 3.05) is 45.5 Å². The molecule has 164 valence electrons. The maximum Gasteiger partial charge on any atom is 0.410 e. The van der Waals surface area contributed by atoms with Crippen LogP contribution in [0.1, 0.15) is 59.8 Å². The molecule has 2 aliphatic rings. The minimum Gasteiger partial charge on any atom is -0.444 e. The van der Waals surface area contributed by atoms with Crippen LogP contribution >= 0.6 is 0 Å². The summed E-state index contributed by atoms with van der Waals surface area (Å²) in [5.41, 5.74) is -0.490. The van der Waals surface area contributed by atoms with E-state index in [9.17, 15) is 13.2 Å². The molecule has 0 spiro atoms. The van der Waals surface area contributed by atoms with E-state index in [-0.39, 0.29) is 12.1 Å². The molecule has 7 nitrogen and oxygen atoms in total. The van der Waals surface area contributed by atoms with Crippen LogP contribution in [0, 0.1) is 5.92 Å². The molecule has 2 fully saturated rings. The van der Waals surface area contributed by atoms with Crippen LogP contribution in [-0.2, 0) is 14.8 Å². The summed E-state index contributed by atoms with van der Waals surface area (Å²) < 4.78 is 31.5. The molecule has 1 amide bonds. The van der Waals surface area contributed by atoms with Gasteiger partial charge < -0.3 is 9.64 Å². The molecule has 8 heteroatoms. The number of carbonyl (C=O) groups excluding carboxylic acids is 1. The predicted molar refractivity (Wildman–Crippen MR) is 112 cm³/mol. The minimum absolute atomic E-state index is 0.218. The van der Waals surface area contributed by atoms with E-state index in [0.29, 0.717) is 32.1 Å². The zero-order valence-electron chi connectivity index (χ0n) is 18.3. The monoisotopic (exact) mass is 417 g/mol. The van der Waals surface area contributed by atoms with E-state index in [1.54, 1.807) is 9.21 Å². The highest BCUT2D eigenvalue weighted by Crippen LogP contribution is 2.30. The molecule has 0 radical (unpaired) electrons. The number of hydrogen-bond donors (Lipinski definition) is 0. The van der Waals surface area contributed by atoms with Crippen LogP contribution in [-0.4, -0.2) is 85.8 Å². The smallest absolute Gasteiger partial charge is 0.410 e. The number of rotatable bonds is 6. The lowest BCUT2D eigenvalue weighted by molar-refractivity contribution is 0.00320. The van der Waals surface area contributed by atoms with Crippen LogP contribution in [0.4, 0.5) is 4.79 Å². The number of piperazine rings is 1. The van der Waals surface area contributed by atoms with E-state index in [1.165, 1.54) is 25.5 Å². The largest absolute Gasteiger partial charge is 0.444 e. The normalized spacial score (nSPS) is 21.7. The third-order valence-electron chi connectivity index (χ3n) is 5.84. The highest BCUT2D eigenvalue weighted by molar-refractivity contribution is 7.88. The van der Waals surface area contributed by atoms with Crippen molar-refractivity contribution in [3.63, 3.8) is 0 Å². The number of sulfonamides is 1. The van der Waals surface area contributed by atoms with Gasteiger partial charge in [0.2, 0.25) is 10.0 Å². The molecule has 1 saturated carbocycles. The van der Waals surface area contributed by atoms with Crippen LogP contribution in [0.15, 0.2) is 0 Å². The van der Waals surface area contributed by atoms with Gasteiger partial charge in [0.25, 0.3) is 0 Å². The van der Waals surface area contributed by atoms with E-state index in [4.69, 9.17) is 4.74 Å². The molecule has 2 rings (SSSR count). The van der Waals surface area contributed by atoms with E-state index in [0.717, 1.165) is 25.9 Å². The molecule has 1 aliphatic carbocycles. The fraction of sp³-hybridized carbons (Fsp3) is 0.950. The van der Waals surface area contributed by atoms with E-state index >= 15 is 0 Å². The molecule has 0 aromatic carbocycles. The standard InChI is InChI=1S/C20H39N3O4S/c1-6-23(28(5,25)26)16-18(17-10-8-7-9-11-17)21-12-14-22(15-13-21)19(24)27-20(2,3)4/h17-18H,6-16H2,1-5H3. The van der Waals surface area contributed by atoms with Gasteiger partial charge in [-0.2, -0.15) is 0 Å². The van der Waals surface area contributed by atoms with E-state index < -0.39 is 15.6 Å². The maximum atomic E-state index is 12.3. The number of ether oxygens (including phenoxy) is 1. The first-order chi connectivity index (χ1) is 13.0. The van der Waals surface area contributed by atoms with Crippen LogP contribution in [0.5, 0.6) is 0 Å². The van der Waals surface area contributed by atoms with Gasteiger partial charge in [0, 0.05) is 45.3 Å². The molecule has 1 saturated heterocycles. The molecule has 0 N–H and O–H groups in total. The third kappa shape index (κ3) is 6.88. The quantitative estimate of drug-likeness (QED) is 0.665. The summed E-state index contributed by atoms with van der Waals surface area (Å²) in [6.07, 6.45) is 7.10. The van der Waals surface area contributed by atoms with E-state index in [1.807, 2.05) is 27.7 Å². The van der Waals surface area contributed by atoms with Gasteiger partial charge in [-0.3, -0.25) is 4.90 Å². The topological polar surface area (TPSA) is 70.2 Å². The second kappa shape index (κ2) is 9.76. The van der Waals surface area contributed by atoms with Crippen molar-refractivity contribution in [1.82, 2.24) is 14.1 Å². The van der Waals surface area contributed by atoms with Gasteiger partial charge in [0.05, 0.1) is 6.26 Å². The van der Waals surface area contributed by atoms with Crippen molar-refractivity contribution in [1.29, 1.82) is 0 Å². The lowest BCUT2D eigenvalue weighted by Crippen LogP contribution is -2.57. The Morgan fingerprint density at radius 3 is 2.14 bits per heavy atom. The fourth-order valence-corrected chi connectivity index (χ4v) is 5.24. The van der Waals surface area contributed by atoms with Crippen LogP contribution in [0.2, 0.25) is 0 Å². The van der Waals surface area contributed by atoms with Crippen LogP contribution in [0.3, 0.4) is 0 Å². The van der Waals surface area contributed by atoms with Gasteiger partial charge in [0.1, 0.15) is 5.60 Å². The lowest BCUT2D eigenvalue weighted by Gasteiger charge is -2.44. The Kier molecular flexibility index (Phi) is 8.16. The summed E-state index contributed by atoms with van der Waals surface area (Å²) in [5, 5.41) is 0. The molecule has 1 aliphatic heterocycles. The Labute approximate surface area is 171 Å². The van der Waals surface area contributed by atoms with Crippen molar-refractivity contribution < 1.29 is 17.9 Å². The molecule has 0 bridgehead atoms. The molecular formula is C20H39N3O4S. The molecule has 0 aromatic rings. The van der Waals surface area contributed by atoms with Crippen molar-refractivity contribution >= 4 is 16.1 Å². The van der Waals surface area contributed by atoms with Gasteiger partial charge >= 0.3 is 6.09 Å². The van der Waals surface area contributed by atoms with Crippen molar-refractivity contribution in [3.05, 3.63) is 0 Å². The average molecular weight is 418 g/mol. The van der Waals surface area contributed by atoms with Crippen LogP contribution < -0.4 is 0 Å². The molecule has 1 heterocycles. The number of likely N-dealkylation sites (N-methyl/N-ethyl adjacent to an activating group) is 1. The number of nitrogens with zero attached hydrogens (tertiary/aromatic N) is 3. The summed E-state index contributed by atoms with van der Waals surface area (Å²) in [7, 11) is -3.21. The Morgan fingerprint density at radius 1 is 1.11 bits per heavy atom. The SMILES string of the molecule is CCN(CC(C1CCCCC1)N1CCN(C(=O)OC(C)(C)C)CC1)S(C)(=O)=O. The van der Waals surface area contributed by atoms with Crippen molar-refractivity contribution in [2.24, 2.45) is 5.92 Å². The highest BCUT2D eigenvalue weighted by atomic mass is 32.2. The second-order valence-corrected chi connectivity index (χ2v) is 11.2. The zero-order chi connectivity index (χ0) is 20.9. The Bertz CT molecular complexity index is 603. The first kappa shape index (κ1) is 23.4. The summed E-state index contributed by atoms with van der Waals surface area (Å²) in [5.74, 6) is 0.526. The van der Waals surface area contributed by atoms with Gasteiger partial charge in [-0.1, -0.05) is 26.2 Å². The Balaban J connectivity index is 2.04. The van der Waals surface area contributed by atoms with Gasteiger partial charge in [0.15, 0.2) is 0 Å². The first-order valence-corrected chi connectivity index (χ1v) is 12.5. The lowest BCUT2D eigenvalue weighted by atomic mass is 9.83. The summed E-state index contributed by atoms with van der Waals surface area (Å²) in [4.78, 5) is 16.5. The van der Waals surface area contributed by atoms with Crippen molar-refractivity contribution in [2.45, 2.75) is 71.4 Å². The zero-order valence-corrected chi connectivity index (χ0v) is 19.1. The number of amides is 1. The summed E-state index contributed by atoms with van der Waals surface area (Å²) >= 11 is 0. The number of hydrogen-bond acceptors (Lipinski definition) is 5. The van der Waals surface area contributed by atoms with Crippen LogP contribution in [0.25, 0.3) is 0 Å². The minimum atomic E-state index is -3.21. The molecule has 1 atom stereocenters. The van der Waals surface area contributed by atoms with Gasteiger partial charge in [-0.15, -0.1) is 0 Å². The van der Waals surface area contributed by atoms with Crippen molar-refractivity contribution in [3.8, 4) is 0 Å². The van der Waals surface area contributed by atoms with Gasteiger partial charge in [-0.05, 0) is 39.5 Å². The van der Waals surface area contributed by atoms with E-state index in [2.05, 4.69) is 4.90 Å². The summed E-state index contributed by atoms with van der Waals surface area (Å²) in [6.45, 7) is 11.4.